The summed E-state index contributed by atoms with van der Waals surface area (Å²) in [5.74, 6) is -1.00. The van der Waals surface area contributed by atoms with Crippen molar-refractivity contribution in [2.24, 2.45) is 5.73 Å². The lowest BCUT2D eigenvalue weighted by Gasteiger charge is -1.82. The Hall–Kier alpha value is -1.20. The zero-order chi connectivity index (χ0) is 8.97. The summed E-state index contributed by atoms with van der Waals surface area (Å²) in [6, 6.07) is 0. The van der Waals surface area contributed by atoms with Crippen LogP contribution in [0.5, 0.6) is 0 Å². The third kappa shape index (κ3) is 2.14. The van der Waals surface area contributed by atoms with Crippen LogP contribution in [-0.2, 0) is 0 Å². The van der Waals surface area contributed by atoms with Crippen LogP contribution in [0.25, 0.3) is 6.08 Å². The van der Waals surface area contributed by atoms with Gasteiger partial charge < -0.3 is 10.8 Å². The monoisotopic (exact) mass is 184 g/mol. The number of hydrogen-bond acceptors (Lipinski definition) is 4. The third-order valence-corrected chi connectivity index (χ3v) is 1.95. The van der Waals surface area contributed by atoms with Crippen LogP contribution < -0.4 is 5.73 Å². The van der Waals surface area contributed by atoms with Crippen LogP contribution in [-0.4, -0.2) is 22.6 Å². The molecular formula is C7H8N2O2S. The van der Waals surface area contributed by atoms with Gasteiger partial charge in [0, 0.05) is 11.9 Å². The molecule has 0 saturated heterocycles. The minimum absolute atomic E-state index is 0.0803. The predicted octanol–water partition coefficient (Wildman–Crippen LogP) is 0.813. The van der Waals surface area contributed by atoms with E-state index in [0.29, 0.717) is 11.6 Å². The average Bonchev–Trinajstić information content (AvgIpc) is 2.48. The number of thiazole rings is 1. The van der Waals surface area contributed by atoms with Crippen molar-refractivity contribution in [2.75, 3.05) is 6.54 Å². The molecule has 0 unspecified atom stereocenters. The van der Waals surface area contributed by atoms with Gasteiger partial charge in [-0.2, -0.15) is 0 Å². The summed E-state index contributed by atoms with van der Waals surface area (Å²) in [4.78, 5) is 14.2. The molecule has 0 aromatic carbocycles. The third-order valence-electron chi connectivity index (χ3n) is 1.14. The number of carbonyl (C=O) groups is 1. The summed E-state index contributed by atoms with van der Waals surface area (Å²) in [7, 11) is 0. The lowest BCUT2D eigenvalue weighted by molar-refractivity contribution is 0.0691. The van der Waals surface area contributed by atoms with Gasteiger partial charge in [0.2, 0.25) is 0 Å². The van der Waals surface area contributed by atoms with Gasteiger partial charge in [-0.15, -0.1) is 11.3 Å². The Morgan fingerprint density at radius 2 is 2.58 bits per heavy atom. The van der Waals surface area contributed by atoms with Crippen molar-refractivity contribution in [3.63, 3.8) is 0 Å². The van der Waals surface area contributed by atoms with Crippen LogP contribution in [0.2, 0.25) is 0 Å². The summed E-state index contributed by atoms with van der Waals surface area (Å²) < 4.78 is 0. The second-order valence-corrected chi connectivity index (χ2v) is 2.90. The van der Waals surface area contributed by atoms with Crippen LogP contribution in [0, 0.1) is 0 Å². The quantitative estimate of drug-likeness (QED) is 0.729. The maximum atomic E-state index is 10.4. The van der Waals surface area contributed by atoms with Crippen LogP contribution >= 0.6 is 11.3 Å². The van der Waals surface area contributed by atoms with Gasteiger partial charge in [0.05, 0.1) is 0 Å². The van der Waals surface area contributed by atoms with Gasteiger partial charge in [0.1, 0.15) is 5.01 Å². The summed E-state index contributed by atoms with van der Waals surface area (Å²) in [5.41, 5.74) is 5.30. The minimum Gasteiger partial charge on any atom is -0.476 e. The summed E-state index contributed by atoms with van der Waals surface area (Å²) in [6.07, 6.45) is 3.43. The fourth-order valence-corrected chi connectivity index (χ4v) is 1.34. The number of rotatable bonds is 3. The van der Waals surface area contributed by atoms with Gasteiger partial charge in [-0.3, -0.25) is 0 Å². The van der Waals surface area contributed by atoms with Crippen LogP contribution in [0.15, 0.2) is 11.5 Å². The molecule has 0 aliphatic rings. The molecule has 0 spiro atoms. The van der Waals surface area contributed by atoms with Gasteiger partial charge in [-0.1, -0.05) is 6.08 Å². The maximum absolute atomic E-state index is 10.4. The normalized spacial score (nSPS) is 10.8. The Morgan fingerprint density at radius 1 is 1.83 bits per heavy atom. The standard InChI is InChI=1S/C7H8N2O2S/c8-3-1-2-6-9-5(4-12-6)7(10)11/h1-2,4H,3,8H2,(H,10,11). The van der Waals surface area contributed by atoms with E-state index < -0.39 is 5.97 Å². The van der Waals surface area contributed by atoms with Crippen molar-refractivity contribution in [3.05, 3.63) is 22.2 Å². The summed E-state index contributed by atoms with van der Waals surface area (Å²) in [6.45, 7) is 0.433. The molecule has 0 saturated carbocycles. The second-order valence-electron chi connectivity index (χ2n) is 2.01. The molecule has 0 aliphatic carbocycles. The largest absolute Gasteiger partial charge is 0.476 e. The van der Waals surface area contributed by atoms with E-state index in [1.165, 1.54) is 16.7 Å². The Morgan fingerprint density at radius 3 is 3.08 bits per heavy atom. The molecule has 3 N–H and O–H groups in total. The first-order chi connectivity index (χ1) is 5.74. The maximum Gasteiger partial charge on any atom is 0.355 e. The van der Waals surface area contributed by atoms with Gasteiger partial charge in [-0.05, 0) is 6.08 Å². The number of carboxylic acid groups (broad SMARTS) is 1. The molecule has 0 atom stereocenters. The van der Waals surface area contributed by atoms with E-state index in [1.54, 1.807) is 12.2 Å². The highest BCUT2D eigenvalue weighted by Crippen LogP contribution is 2.10. The topological polar surface area (TPSA) is 76.2 Å². The van der Waals surface area contributed by atoms with E-state index in [9.17, 15) is 4.79 Å². The summed E-state index contributed by atoms with van der Waals surface area (Å²) >= 11 is 1.28. The number of hydrogen-bond donors (Lipinski definition) is 2. The van der Waals surface area contributed by atoms with Crippen LogP contribution in [0.4, 0.5) is 0 Å². The number of aromatic carboxylic acids is 1. The predicted molar refractivity (Wildman–Crippen MR) is 47.2 cm³/mol. The molecule has 1 aromatic rings. The number of nitrogens with zero attached hydrogens (tertiary/aromatic N) is 1. The zero-order valence-corrected chi connectivity index (χ0v) is 7.04. The fourth-order valence-electron chi connectivity index (χ4n) is 0.631. The minimum atomic E-state index is -1.00. The van der Waals surface area contributed by atoms with Crippen molar-refractivity contribution >= 4 is 23.4 Å². The van der Waals surface area contributed by atoms with E-state index in [0.717, 1.165) is 0 Å². The molecule has 1 heterocycles. The van der Waals surface area contributed by atoms with Gasteiger partial charge in [0.25, 0.3) is 0 Å². The number of carboxylic acids is 1. The average molecular weight is 184 g/mol. The molecule has 0 radical (unpaired) electrons. The Labute approximate surface area is 73.4 Å². The fraction of sp³-hybridized carbons (Fsp3) is 0.143. The molecule has 4 nitrogen and oxygen atoms in total. The molecule has 5 heteroatoms. The molecule has 0 aliphatic heterocycles. The van der Waals surface area contributed by atoms with E-state index >= 15 is 0 Å². The van der Waals surface area contributed by atoms with Crippen molar-refractivity contribution in [3.8, 4) is 0 Å². The second kappa shape index (κ2) is 3.99. The number of nitrogens with two attached hydrogens (primary N) is 1. The Kier molecular flexibility index (Phi) is 2.95. The zero-order valence-electron chi connectivity index (χ0n) is 6.23. The van der Waals surface area contributed by atoms with Crippen LogP contribution in [0.1, 0.15) is 15.5 Å². The number of aromatic nitrogens is 1. The van der Waals surface area contributed by atoms with Crippen LogP contribution in [0.3, 0.4) is 0 Å². The molecule has 0 amide bonds. The van der Waals surface area contributed by atoms with Gasteiger partial charge in [0.15, 0.2) is 5.69 Å². The van der Waals surface area contributed by atoms with Crippen molar-refractivity contribution < 1.29 is 9.90 Å². The highest BCUT2D eigenvalue weighted by Gasteiger charge is 2.05. The first-order valence-corrected chi connectivity index (χ1v) is 4.17. The van der Waals surface area contributed by atoms with Gasteiger partial charge in [-0.25, -0.2) is 9.78 Å². The molecule has 1 rings (SSSR count). The van der Waals surface area contributed by atoms with E-state index in [1.807, 2.05) is 0 Å². The molecular weight excluding hydrogens is 176 g/mol. The van der Waals surface area contributed by atoms with E-state index in [-0.39, 0.29) is 5.69 Å². The van der Waals surface area contributed by atoms with Crippen molar-refractivity contribution in [1.29, 1.82) is 0 Å². The van der Waals surface area contributed by atoms with Gasteiger partial charge >= 0.3 is 5.97 Å². The SMILES string of the molecule is NCC=Cc1nc(C(=O)O)cs1. The van der Waals surface area contributed by atoms with Crippen molar-refractivity contribution in [1.82, 2.24) is 4.98 Å². The smallest absolute Gasteiger partial charge is 0.355 e. The molecule has 64 valence electrons. The first-order valence-electron chi connectivity index (χ1n) is 3.29. The van der Waals surface area contributed by atoms with Crippen molar-refractivity contribution in [2.45, 2.75) is 0 Å². The first kappa shape index (κ1) is 8.89. The molecule has 0 bridgehead atoms. The lowest BCUT2D eigenvalue weighted by Crippen LogP contribution is -1.95. The molecule has 0 fully saturated rings. The highest BCUT2D eigenvalue weighted by atomic mass is 32.1. The molecule has 12 heavy (non-hydrogen) atoms. The molecule has 1 aromatic heterocycles. The highest BCUT2D eigenvalue weighted by molar-refractivity contribution is 7.10. The Bertz CT molecular complexity index is 306. The lowest BCUT2D eigenvalue weighted by atomic mass is 10.5. The van der Waals surface area contributed by atoms with E-state index in [2.05, 4.69) is 4.98 Å². The van der Waals surface area contributed by atoms with E-state index in [4.69, 9.17) is 10.8 Å². The summed E-state index contributed by atoms with van der Waals surface area (Å²) in [5, 5.41) is 10.7. The Balaban J connectivity index is 2.77.